The van der Waals surface area contributed by atoms with E-state index in [1.165, 1.54) is 47.4 Å². The Labute approximate surface area is 183 Å². The van der Waals surface area contributed by atoms with E-state index in [2.05, 4.69) is 0 Å². The number of hydrogen-bond acceptors (Lipinski definition) is 5. The van der Waals surface area contributed by atoms with Crippen LogP contribution in [0.15, 0.2) is 59.5 Å². The Morgan fingerprint density at radius 3 is 2.10 bits per heavy atom. The van der Waals surface area contributed by atoms with Crippen molar-refractivity contribution in [3.05, 3.63) is 64.7 Å². The second kappa shape index (κ2) is 6.83. The zero-order chi connectivity index (χ0) is 21.2. The quantitative estimate of drug-likeness (QED) is 0.387. The largest absolute Gasteiger partial charge is 0.379 e. The van der Waals surface area contributed by atoms with Gasteiger partial charge in [-0.2, -0.15) is 8.42 Å². The van der Waals surface area contributed by atoms with Crippen LogP contribution in [0.5, 0.6) is 5.75 Å². The molecular formula is C21H15Cl2NO5S. The first kappa shape index (κ1) is 19.6. The summed E-state index contributed by atoms with van der Waals surface area (Å²) in [6.07, 6.45) is 4.92. The molecule has 9 heteroatoms. The van der Waals surface area contributed by atoms with Gasteiger partial charge in [0.25, 0.3) is 0 Å². The molecule has 0 aromatic heterocycles. The van der Waals surface area contributed by atoms with Crippen molar-refractivity contribution in [2.45, 2.75) is 11.3 Å². The maximum absolute atomic E-state index is 12.9. The lowest BCUT2D eigenvalue weighted by atomic mass is 9.85. The third-order valence-corrected chi connectivity index (χ3v) is 7.90. The molecule has 0 N–H and O–H groups in total. The third-order valence-electron chi connectivity index (χ3n) is 5.93. The normalized spacial score (nSPS) is 27.1. The predicted octanol–water partition coefficient (Wildman–Crippen LogP) is 4.07. The second-order valence-corrected chi connectivity index (χ2v) is 9.98. The molecule has 5 rings (SSSR count). The highest BCUT2D eigenvalue weighted by Crippen LogP contribution is 2.53. The maximum Gasteiger partial charge on any atom is 0.340 e. The molecule has 0 radical (unpaired) electrons. The summed E-state index contributed by atoms with van der Waals surface area (Å²) in [7, 11) is -4.21. The summed E-state index contributed by atoms with van der Waals surface area (Å²) in [4.78, 5) is 26.7. The van der Waals surface area contributed by atoms with Crippen molar-refractivity contribution in [1.29, 1.82) is 0 Å². The van der Waals surface area contributed by atoms with Crippen molar-refractivity contribution in [2.24, 2.45) is 23.7 Å². The van der Waals surface area contributed by atoms with Gasteiger partial charge in [0.1, 0.15) is 10.6 Å². The van der Waals surface area contributed by atoms with E-state index >= 15 is 0 Å². The molecule has 1 saturated heterocycles. The topological polar surface area (TPSA) is 80.8 Å². The third kappa shape index (κ3) is 2.95. The highest BCUT2D eigenvalue weighted by Gasteiger charge is 2.59. The number of fused-ring (bicyclic) bond motifs is 5. The summed E-state index contributed by atoms with van der Waals surface area (Å²) in [5, 5.41) is 0.191. The summed E-state index contributed by atoms with van der Waals surface area (Å²) < 4.78 is 30.2. The molecule has 0 unspecified atom stereocenters. The number of benzene rings is 2. The number of anilines is 1. The standard InChI is InChI=1S/C21H15Cl2NO5S/c22-13-3-8-16(23)17(10-13)30(27,28)29-15-6-4-14(5-7-15)24-20(25)18-11-1-2-12(9-11)19(18)21(24)26/h1-8,10-12,18-19H,9H2/t11-,12-,18+,19+/m0/s1. The predicted molar refractivity (Wildman–Crippen MR) is 111 cm³/mol. The average molecular weight is 464 g/mol. The van der Waals surface area contributed by atoms with Gasteiger partial charge in [0.2, 0.25) is 11.8 Å². The molecule has 2 fully saturated rings. The second-order valence-electron chi connectivity index (χ2n) is 7.62. The van der Waals surface area contributed by atoms with Crippen molar-refractivity contribution in [3.8, 4) is 5.75 Å². The van der Waals surface area contributed by atoms with Gasteiger partial charge in [-0.3, -0.25) is 14.5 Å². The van der Waals surface area contributed by atoms with Crippen LogP contribution in [0.25, 0.3) is 0 Å². The number of hydrogen-bond donors (Lipinski definition) is 0. The Hall–Kier alpha value is -2.35. The minimum absolute atomic E-state index is 0.0148. The fraction of sp³-hybridized carbons (Fsp3) is 0.238. The van der Waals surface area contributed by atoms with E-state index in [1.54, 1.807) is 0 Å². The number of carbonyl (C=O) groups is 2. The van der Waals surface area contributed by atoms with Crippen molar-refractivity contribution in [1.82, 2.24) is 0 Å². The average Bonchev–Trinajstić information content (AvgIpc) is 3.38. The molecule has 2 bridgehead atoms. The molecule has 1 saturated carbocycles. The van der Waals surface area contributed by atoms with Crippen LogP contribution in [-0.4, -0.2) is 20.2 Å². The zero-order valence-corrected chi connectivity index (χ0v) is 17.7. The smallest absolute Gasteiger partial charge is 0.340 e. The van der Waals surface area contributed by atoms with Gasteiger partial charge < -0.3 is 4.18 Å². The van der Waals surface area contributed by atoms with Crippen molar-refractivity contribution < 1.29 is 22.2 Å². The Balaban J connectivity index is 1.38. The Kier molecular flexibility index (Phi) is 4.47. The summed E-state index contributed by atoms with van der Waals surface area (Å²) in [6.45, 7) is 0. The fourth-order valence-electron chi connectivity index (χ4n) is 4.65. The molecule has 2 aromatic carbocycles. The van der Waals surface area contributed by atoms with Gasteiger partial charge in [0.05, 0.1) is 22.5 Å². The number of halogens is 2. The van der Waals surface area contributed by atoms with Crippen LogP contribution in [0.4, 0.5) is 5.69 Å². The van der Waals surface area contributed by atoms with Crippen LogP contribution in [-0.2, 0) is 19.7 Å². The first-order valence-corrected chi connectivity index (χ1v) is 11.5. The number of amides is 2. The van der Waals surface area contributed by atoms with E-state index in [-0.39, 0.29) is 56.2 Å². The van der Waals surface area contributed by atoms with E-state index in [9.17, 15) is 18.0 Å². The number of carbonyl (C=O) groups excluding carboxylic acids is 2. The molecule has 0 spiro atoms. The zero-order valence-electron chi connectivity index (χ0n) is 15.4. The van der Waals surface area contributed by atoms with Crippen LogP contribution in [0.1, 0.15) is 6.42 Å². The van der Waals surface area contributed by atoms with Crippen molar-refractivity contribution >= 4 is 50.8 Å². The lowest BCUT2D eigenvalue weighted by Crippen LogP contribution is -2.32. The van der Waals surface area contributed by atoms with E-state index in [0.717, 1.165) is 6.42 Å². The first-order chi connectivity index (χ1) is 14.3. The lowest BCUT2D eigenvalue weighted by Gasteiger charge is -2.17. The summed E-state index contributed by atoms with van der Waals surface area (Å²) in [6, 6.07) is 9.83. The van der Waals surface area contributed by atoms with Gasteiger partial charge in [0, 0.05) is 5.02 Å². The first-order valence-electron chi connectivity index (χ1n) is 9.32. The van der Waals surface area contributed by atoms with Gasteiger partial charge in [-0.05, 0) is 60.7 Å². The molecule has 30 heavy (non-hydrogen) atoms. The fourth-order valence-corrected chi connectivity index (χ4v) is 6.32. The highest BCUT2D eigenvalue weighted by atomic mass is 35.5. The number of nitrogens with zero attached hydrogens (tertiary/aromatic N) is 1. The lowest BCUT2D eigenvalue weighted by molar-refractivity contribution is -0.123. The van der Waals surface area contributed by atoms with E-state index in [0.29, 0.717) is 5.69 Å². The molecule has 3 aliphatic rings. The maximum atomic E-state index is 12.9. The SMILES string of the molecule is O=C1[C@H]2[C@H](C(=O)N1c1ccc(OS(=O)(=O)c3cc(Cl)ccc3Cl)cc1)[C@H]1C=C[C@H]2C1. The molecule has 2 aliphatic carbocycles. The van der Waals surface area contributed by atoms with Gasteiger partial charge in [-0.25, -0.2) is 0 Å². The monoisotopic (exact) mass is 463 g/mol. The summed E-state index contributed by atoms with van der Waals surface area (Å²) in [5.41, 5.74) is 0.393. The Morgan fingerprint density at radius 1 is 0.900 bits per heavy atom. The Bertz CT molecular complexity index is 1180. The molecule has 2 aromatic rings. The minimum Gasteiger partial charge on any atom is -0.379 e. The number of allylic oxidation sites excluding steroid dienone is 2. The minimum atomic E-state index is -4.21. The van der Waals surface area contributed by atoms with Crippen molar-refractivity contribution in [2.75, 3.05) is 4.90 Å². The van der Waals surface area contributed by atoms with Gasteiger partial charge >= 0.3 is 10.1 Å². The number of rotatable bonds is 4. The molecular weight excluding hydrogens is 449 g/mol. The van der Waals surface area contributed by atoms with E-state index in [1.807, 2.05) is 12.2 Å². The van der Waals surface area contributed by atoms with Crippen molar-refractivity contribution in [3.63, 3.8) is 0 Å². The van der Waals surface area contributed by atoms with Gasteiger partial charge in [-0.15, -0.1) is 0 Å². The van der Waals surface area contributed by atoms with Crippen LogP contribution >= 0.6 is 23.2 Å². The molecule has 154 valence electrons. The van der Waals surface area contributed by atoms with Gasteiger partial charge in [-0.1, -0.05) is 35.4 Å². The van der Waals surface area contributed by atoms with Crippen LogP contribution < -0.4 is 9.08 Å². The van der Waals surface area contributed by atoms with Gasteiger partial charge in [0.15, 0.2) is 0 Å². The molecule has 2 amide bonds. The van der Waals surface area contributed by atoms with E-state index in [4.69, 9.17) is 27.4 Å². The number of imide groups is 1. The van der Waals surface area contributed by atoms with Crippen LogP contribution in [0, 0.1) is 23.7 Å². The molecule has 1 aliphatic heterocycles. The molecule has 1 heterocycles. The van der Waals surface area contributed by atoms with Crippen LogP contribution in [0.2, 0.25) is 10.0 Å². The summed E-state index contributed by atoms with van der Waals surface area (Å²) in [5.74, 6) is -0.727. The van der Waals surface area contributed by atoms with E-state index < -0.39 is 10.1 Å². The van der Waals surface area contributed by atoms with Crippen LogP contribution in [0.3, 0.4) is 0 Å². The Morgan fingerprint density at radius 2 is 1.50 bits per heavy atom. The summed E-state index contributed by atoms with van der Waals surface area (Å²) >= 11 is 11.8. The molecule has 6 nitrogen and oxygen atoms in total. The molecule has 4 atom stereocenters. The highest BCUT2D eigenvalue weighted by molar-refractivity contribution is 7.87.